The van der Waals surface area contributed by atoms with Gasteiger partial charge in [-0.1, -0.05) is 65.8 Å². The molecule has 2 aromatic rings. The molecule has 13 heteroatoms. The van der Waals surface area contributed by atoms with Gasteiger partial charge in [0, 0.05) is 17.7 Å². The quantitative estimate of drug-likeness (QED) is 0.369. The normalized spacial score (nSPS) is 27.5. The van der Waals surface area contributed by atoms with Crippen LogP contribution in [0.5, 0.6) is 0 Å². The van der Waals surface area contributed by atoms with Crippen molar-refractivity contribution in [2.45, 2.75) is 58.3 Å². The minimum Gasteiger partial charge on any atom is -0.383 e. The van der Waals surface area contributed by atoms with E-state index in [-0.39, 0.29) is 24.6 Å². The molecular formula is C22H31FN3O6PS2. The number of anilines is 1. The molecule has 3 heterocycles. The second kappa shape index (κ2) is 14.5. The molecule has 6 atom stereocenters. The number of benzene rings is 1. The standard InChI is InChI=1S/C20H25FN3O6PS2.C2H6/c1-13(24-8-7-18(22)23-20(24)25)28-15-10-27-31(30-19(15)21)29-17-12-33-32-11-16(17)26-9-14-5-3-2-4-6-14;1-2/h2-8,13,15-17,19H,9-12H2,1H3,(H2,22,23,25);1-2H3/t13?,15?,16-,17-,19+,31?;/m0./s1. The van der Waals surface area contributed by atoms with Crippen molar-refractivity contribution in [1.82, 2.24) is 9.55 Å². The van der Waals surface area contributed by atoms with Gasteiger partial charge in [-0.15, -0.1) is 0 Å². The highest BCUT2D eigenvalue weighted by Crippen LogP contribution is 2.49. The minimum absolute atomic E-state index is 0.0709. The van der Waals surface area contributed by atoms with Crippen molar-refractivity contribution in [2.75, 3.05) is 23.8 Å². The molecule has 1 aromatic heterocycles. The van der Waals surface area contributed by atoms with Gasteiger partial charge in [0.15, 0.2) is 0 Å². The largest absolute Gasteiger partial charge is 0.383 e. The van der Waals surface area contributed by atoms with E-state index in [1.165, 1.54) is 16.8 Å². The maximum absolute atomic E-state index is 14.7. The number of hydrogen-bond donors (Lipinski definition) is 1. The van der Waals surface area contributed by atoms with Crippen LogP contribution in [0.4, 0.5) is 10.2 Å². The summed E-state index contributed by atoms with van der Waals surface area (Å²) in [5, 5.41) is 0. The van der Waals surface area contributed by atoms with E-state index in [1.54, 1.807) is 28.5 Å². The van der Waals surface area contributed by atoms with Crippen molar-refractivity contribution >= 4 is 36.0 Å². The summed E-state index contributed by atoms with van der Waals surface area (Å²) in [6.07, 6.45) is -2.57. The van der Waals surface area contributed by atoms with Gasteiger partial charge >= 0.3 is 14.3 Å². The van der Waals surface area contributed by atoms with Crippen molar-refractivity contribution < 1.29 is 27.4 Å². The Kier molecular flexibility index (Phi) is 11.7. The lowest BCUT2D eigenvalue weighted by Gasteiger charge is -2.36. The Morgan fingerprint density at radius 2 is 1.91 bits per heavy atom. The van der Waals surface area contributed by atoms with Crippen LogP contribution in [-0.4, -0.2) is 52.3 Å². The Morgan fingerprint density at radius 3 is 2.60 bits per heavy atom. The zero-order valence-corrected chi connectivity index (χ0v) is 22.3. The average Bonchev–Trinajstić information content (AvgIpc) is 2.87. The minimum atomic E-state index is -1.90. The molecule has 2 aliphatic rings. The molecule has 0 radical (unpaired) electrons. The average molecular weight is 548 g/mol. The maximum Gasteiger partial charge on any atom is 0.351 e. The van der Waals surface area contributed by atoms with Crippen molar-refractivity contribution in [3.63, 3.8) is 0 Å². The third kappa shape index (κ3) is 8.40. The fourth-order valence-electron chi connectivity index (χ4n) is 3.15. The number of alkyl halides is 1. The van der Waals surface area contributed by atoms with Crippen LogP contribution in [0.25, 0.3) is 0 Å². The summed E-state index contributed by atoms with van der Waals surface area (Å²) in [4.78, 5) is 15.6. The predicted molar refractivity (Wildman–Crippen MR) is 138 cm³/mol. The SMILES string of the molecule is CC.CC(OC1COP(O[C@H]2CSSC[C@@H]2OCc2ccccc2)O[C@H]1F)n1ccc(N)nc1=O. The first-order valence-electron chi connectivity index (χ1n) is 11.3. The molecule has 0 spiro atoms. The van der Waals surface area contributed by atoms with E-state index in [0.717, 1.165) is 11.3 Å². The fraction of sp³-hybridized carbons (Fsp3) is 0.545. The van der Waals surface area contributed by atoms with Gasteiger partial charge in [0.25, 0.3) is 0 Å². The smallest absolute Gasteiger partial charge is 0.351 e. The Morgan fingerprint density at radius 1 is 1.20 bits per heavy atom. The van der Waals surface area contributed by atoms with E-state index in [2.05, 4.69) is 4.98 Å². The highest BCUT2D eigenvalue weighted by Gasteiger charge is 2.39. The summed E-state index contributed by atoms with van der Waals surface area (Å²) >= 11 is 0. The van der Waals surface area contributed by atoms with Crippen LogP contribution in [0.2, 0.25) is 0 Å². The van der Waals surface area contributed by atoms with Crippen LogP contribution in [0, 0.1) is 0 Å². The molecule has 2 fully saturated rings. The van der Waals surface area contributed by atoms with Crippen LogP contribution in [0.15, 0.2) is 47.4 Å². The molecule has 0 saturated carbocycles. The van der Waals surface area contributed by atoms with Crippen LogP contribution >= 0.6 is 30.2 Å². The van der Waals surface area contributed by atoms with E-state index in [1.807, 2.05) is 44.2 Å². The monoisotopic (exact) mass is 547 g/mol. The van der Waals surface area contributed by atoms with E-state index < -0.39 is 33.0 Å². The number of ether oxygens (including phenoxy) is 2. The van der Waals surface area contributed by atoms with Gasteiger partial charge in [-0.3, -0.25) is 9.09 Å². The van der Waals surface area contributed by atoms with Crippen molar-refractivity contribution in [3.8, 4) is 0 Å². The summed E-state index contributed by atoms with van der Waals surface area (Å²) in [5.74, 6) is 1.53. The summed E-state index contributed by atoms with van der Waals surface area (Å²) in [6.45, 7) is 6.00. The molecule has 2 aliphatic heterocycles. The fourth-order valence-corrected chi connectivity index (χ4v) is 6.86. The highest BCUT2D eigenvalue weighted by molar-refractivity contribution is 8.76. The third-order valence-corrected chi connectivity index (χ3v) is 8.52. The summed E-state index contributed by atoms with van der Waals surface area (Å²) in [5.41, 5.74) is 5.98. The van der Waals surface area contributed by atoms with Crippen LogP contribution < -0.4 is 11.4 Å². The topological polar surface area (TPSA) is 107 Å². The molecule has 194 valence electrons. The van der Waals surface area contributed by atoms with Gasteiger partial charge < -0.3 is 24.3 Å². The molecular weight excluding hydrogens is 516 g/mol. The van der Waals surface area contributed by atoms with Crippen LogP contribution in [-0.2, 0) is 29.7 Å². The van der Waals surface area contributed by atoms with Crippen molar-refractivity contribution in [1.29, 1.82) is 0 Å². The molecule has 3 unspecified atom stereocenters. The maximum atomic E-state index is 14.7. The Labute approximate surface area is 213 Å². The van der Waals surface area contributed by atoms with E-state index in [4.69, 9.17) is 28.8 Å². The summed E-state index contributed by atoms with van der Waals surface area (Å²) in [7, 11) is 1.49. The van der Waals surface area contributed by atoms with E-state index in [9.17, 15) is 9.18 Å². The molecule has 35 heavy (non-hydrogen) atoms. The first-order chi connectivity index (χ1) is 17.0. The molecule has 1 aromatic carbocycles. The van der Waals surface area contributed by atoms with E-state index >= 15 is 0 Å². The zero-order chi connectivity index (χ0) is 25.2. The lowest BCUT2D eigenvalue weighted by molar-refractivity contribution is -0.170. The van der Waals surface area contributed by atoms with Gasteiger partial charge in [-0.05, 0) is 18.6 Å². The molecule has 2 N–H and O–H groups in total. The molecule has 0 amide bonds. The number of nitrogen functional groups attached to an aromatic ring is 1. The third-order valence-electron chi connectivity index (χ3n) is 4.93. The van der Waals surface area contributed by atoms with Gasteiger partial charge in [0.05, 0.1) is 19.3 Å². The highest BCUT2D eigenvalue weighted by atomic mass is 33.1. The molecule has 0 bridgehead atoms. The molecule has 2 saturated heterocycles. The van der Waals surface area contributed by atoms with E-state index in [0.29, 0.717) is 12.4 Å². The first kappa shape index (κ1) is 28.3. The molecule has 0 aliphatic carbocycles. The molecule has 9 nitrogen and oxygen atoms in total. The van der Waals surface area contributed by atoms with Gasteiger partial charge in [0.2, 0.25) is 6.36 Å². The zero-order valence-electron chi connectivity index (χ0n) is 19.8. The Balaban J connectivity index is 0.00000167. The Hall–Kier alpha value is -1.24. The lowest BCUT2D eigenvalue weighted by Crippen LogP contribution is -2.41. The predicted octanol–water partition coefficient (Wildman–Crippen LogP) is 4.69. The number of nitrogens with two attached hydrogens (primary N) is 1. The van der Waals surface area contributed by atoms with Crippen molar-refractivity contribution in [3.05, 3.63) is 58.6 Å². The Bertz CT molecular complexity index is 962. The number of rotatable bonds is 8. The second-order valence-corrected chi connectivity index (χ2v) is 11.0. The van der Waals surface area contributed by atoms with Gasteiger partial charge in [-0.2, -0.15) is 4.98 Å². The molecule has 4 rings (SSSR count). The van der Waals surface area contributed by atoms with Gasteiger partial charge in [0.1, 0.15) is 24.3 Å². The van der Waals surface area contributed by atoms with Crippen LogP contribution in [0.3, 0.4) is 0 Å². The lowest BCUT2D eigenvalue weighted by atomic mass is 10.2. The second-order valence-electron chi connectivity index (χ2n) is 7.34. The number of nitrogens with zero attached hydrogens (tertiary/aromatic N) is 2. The first-order valence-corrected chi connectivity index (χ1v) is 14.9. The van der Waals surface area contributed by atoms with Crippen LogP contribution in [0.1, 0.15) is 32.6 Å². The number of halogens is 1. The summed E-state index contributed by atoms with van der Waals surface area (Å²) in [6, 6.07) is 11.4. The number of aromatic nitrogens is 2. The van der Waals surface area contributed by atoms with Gasteiger partial charge in [-0.25, -0.2) is 9.18 Å². The number of hydrogen-bond acceptors (Lipinski definition) is 10. The van der Waals surface area contributed by atoms with Crippen molar-refractivity contribution in [2.24, 2.45) is 0 Å². The summed E-state index contributed by atoms with van der Waals surface area (Å²) < 4.78 is 44.5.